The van der Waals surface area contributed by atoms with Gasteiger partial charge in [0.25, 0.3) is 0 Å². The fraction of sp³-hybridized carbons (Fsp3) is 0.333. The summed E-state index contributed by atoms with van der Waals surface area (Å²) in [5, 5.41) is 0.551. The maximum absolute atomic E-state index is 11.4. The third-order valence-corrected chi connectivity index (χ3v) is 1.73. The molecule has 0 aromatic carbocycles. The molecule has 0 aliphatic rings. The first kappa shape index (κ1) is 9.20. The van der Waals surface area contributed by atoms with Gasteiger partial charge in [-0.15, -0.1) is 0 Å². The first-order valence-corrected chi connectivity index (χ1v) is 4.15. The second-order valence-corrected chi connectivity index (χ2v) is 3.32. The van der Waals surface area contributed by atoms with Crippen molar-refractivity contribution >= 4 is 17.4 Å². The van der Waals surface area contributed by atoms with E-state index >= 15 is 0 Å². The molecular weight excluding hydrogens is 174 g/mol. The van der Waals surface area contributed by atoms with Crippen LogP contribution in [0.25, 0.3) is 0 Å². The molecule has 0 N–H and O–H groups in total. The second kappa shape index (κ2) is 3.68. The highest BCUT2D eigenvalue weighted by atomic mass is 35.5. The van der Waals surface area contributed by atoms with Crippen molar-refractivity contribution in [2.24, 2.45) is 5.92 Å². The Balaban J connectivity index is 2.90. The first-order valence-electron chi connectivity index (χ1n) is 3.77. The third-order valence-electron chi connectivity index (χ3n) is 1.50. The van der Waals surface area contributed by atoms with Crippen LogP contribution >= 0.6 is 11.6 Å². The Kier molecular flexibility index (Phi) is 2.82. The zero-order valence-corrected chi connectivity index (χ0v) is 7.80. The Hall–Kier alpha value is -0.890. The van der Waals surface area contributed by atoms with E-state index in [4.69, 9.17) is 11.6 Å². The Bertz CT molecular complexity index is 279. The van der Waals surface area contributed by atoms with Gasteiger partial charge in [0.2, 0.25) is 0 Å². The van der Waals surface area contributed by atoms with Crippen LogP contribution in [0.15, 0.2) is 18.3 Å². The van der Waals surface area contributed by atoms with Gasteiger partial charge in [-0.05, 0) is 12.1 Å². The molecule has 0 fully saturated rings. The maximum Gasteiger partial charge on any atom is 0.183 e. The summed E-state index contributed by atoms with van der Waals surface area (Å²) in [6, 6.07) is 3.31. The molecule has 0 bridgehead atoms. The van der Waals surface area contributed by atoms with E-state index in [0.717, 1.165) is 0 Å². The topological polar surface area (TPSA) is 30.0 Å². The van der Waals surface area contributed by atoms with Gasteiger partial charge in [0.15, 0.2) is 5.78 Å². The van der Waals surface area contributed by atoms with E-state index < -0.39 is 0 Å². The molecule has 1 aromatic rings. The van der Waals surface area contributed by atoms with Crippen LogP contribution < -0.4 is 0 Å². The first-order chi connectivity index (χ1) is 5.61. The van der Waals surface area contributed by atoms with Crippen molar-refractivity contribution in [3.8, 4) is 0 Å². The molecule has 0 atom stereocenters. The van der Waals surface area contributed by atoms with Gasteiger partial charge < -0.3 is 0 Å². The molecule has 2 nitrogen and oxygen atoms in total. The summed E-state index contributed by atoms with van der Waals surface area (Å²) in [5.41, 5.74) is 0.481. The van der Waals surface area contributed by atoms with E-state index in [1.54, 1.807) is 12.1 Å². The van der Waals surface area contributed by atoms with Gasteiger partial charge in [0.05, 0.1) is 5.02 Å². The standard InChI is InChI=1S/C9H10ClNO/c1-6(2)9(12)8-4-3-7(10)5-11-8/h3-6H,1-2H3. The van der Waals surface area contributed by atoms with Gasteiger partial charge >= 0.3 is 0 Å². The fourth-order valence-electron chi connectivity index (χ4n) is 0.817. The monoisotopic (exact) mass is 183 g/mol. The molecule has 0 spiro atoms. The molecule has 1 heterocycles. The number of carbonyl (C=O) groups excluding carboxylic acids is 1. The lowest BCUT2D eigenvalue weighted by atomic mass is 10.1. The van der Waals surface area contributed by atoms with E-state index in [0.29, 0.717) is 10.7 Å². The van der Waals surface area contributed by atoms with Crippen molar-refractivity contribution in [2.75, 3.05) is 0 Å². The number of rotatable bonds is 2. The average Bonchev–Trinajstić information content (AvgIpc) is 2.04. The number of halogens is 1. The number of hydrogen-bond donors (Lipinski definition) is 0. The lowest BCUT2D eigenvalue weighted by Crippen LogP contribution is -2.08. The van der Waals surface area contributed by atoms with Crippen molar-refractivity contribution in [1.29, 1.82) is 0 Å². The number of hydrogen-bond acceptors (Lipinski definition) is 2. The van der Waals surface area contributed by atoms with Crippen LogP contribution in [0.5, 0.6) is 0 Å². The Morgan fingerprint density at radius 2 is 2.17 bits per heavy atom. The predicted molar refractivity (Wildman–Crippen MR) is 48.4 cm³/mol. The van der Waals surface area contributed by atoms with Crippen molar-refractivity contribution < 1.29 is 4.79 Å². The fourth-order valence-corrected chi connectivity index (χ4v) is 0.929. The van der Waals surface area contributed by atoms with Crippen LogP contribution in [-0.4, -0.2) is 10.8 Å². The number of nitrogens with zero attached hydrogens (tertiary/aromatic N) is 1. The predicted octanol–water partition coefficient (Wildman–Crippen LogP) is 2.57. The Labute approximate surface area is 76.6 Å². The third kappa shape index (κ3) is 2.05. The lowest BCUT2D eigenvalue weighted by molar-refractivity contribution is 0.0934. The molecule has 12 heavy (non-hydrogen) atoms. The van der Waals surface area contributed by atoms with E-state index in [1.807, 2.05) is 13.8 Å². The molecule has 0 saturated heterocycles. The summed E-state index contributed by atoms with van der Waals surface area (Å²) in [5.74, 6) is 0.0327. The zero-order valence-electron chi connectivity index (χ0n) is 7.04. The summed E-state index contributed by atoms with van der Waals surface area (Å²) in [4.78, 5) is 15.3. The van der Waals surface area contributed by atoms with Crippen LogP contribution in [0.2, 0.25) is 5.02 Å². The normalized spacial score (nSPS) is 10.3. The number of aromatic nitrogens is 1. The molecule has 0 saturated carbocycles. The Morgan fingerprint density at radius 3 is 2.58 bits per heavy atom. The van der Waals surface area contributed by atoms with Crippen molar-refractivity contribution in [3.63, 3.8) is 0 Å². The zero-order chi connectivity index (χ0) is 9.14. The molecule has 0 aliphatic carbocycles. The smallest absolute Gasteiger partial charge is 0.183 e. The maximum atomic E-state index is 11.4. The van der Waals surface area contributed by atoms with Gasteiger partial charge in [-0.1, -0.05) is 25.4 Å². The summed E-state index contributed by atoms with van der Waals surface area (Å²) in [6.45, 7) is 3.69. The van der Waals surface area contributed by atoms with Gasteiger partial charge in [-0.3, -0.25) is 9.78 Å². The highest BCUT2D eigenvalue weighted by Crippen LogP contribution is 2.09. The van der Waals surface area contributed by atoms with Crippen LogP contribution in [-0.2, 0) is 0 Å². The quantitative estimate of drug-likeness (QED) is 0.660. The number of pyridine rings is 1. The largest absolute Gasteiger partial charge is 0.292 e. The minimum absolute atomic E-state index is 0.0151. The summed E-state index contributed by atoms with van der Waals surface area (Å²) in [6.07, 6.45) is 1.48. The molecule has 0 unspecified atom stereocenters. The second-order valence-electron chi connectivity index (χ2n) is 2.88. The van der Waals surface area contributed by atoms with Gasteiger partial charge in [0, 0.05) is 12.1 Å². The number of Topliss-reactive ketones (excluding diaryl/α,β-unsaturated/α-hetero) is 1. The van der Waals surface area contributed by atoms with Crippen LogP contribution in [0, 0.1) is 5.92 Å². The lowest BCUT2D eigenvalue weighted by Gasteiger charge is -2.01. The van der Waals surface area contributed by atoms with Gasteiger partial charge in [0.1, 0.15) is 5.69 Å². The molecule has 3 heteroatoms. The SMILES string of the molecule is CC(C)C(=O)c1ccc(Cl)cn1. The average molecular weight is 184 g/mol. The summed E-state index contributed by atoms with van der Waals surface area (Å²) in [7, 11) is 0. The minimum atomic E-state index is -0.0151. The highest BCUT2D eigenvalue weighted by molar-refractivity contribution is 6.30. The van der Waals surface area contributed by atoms with Crippen molar-refractivity contribution in [1.82, 2.24) is 4.98 Å². The molecule has 1 rings (SSSR count). The van der Waals surface area contributed by atoms with E-state index in [1.165, 1.54) is 6.20 Å². The molecular formula is C9H10ClNO. The van der Waals surface area contributed by atoms with Gasteiger partial charge in [-0.2, -0.15) is 0 Å². The van der Waals surface area contributed by atoms with Crippen LogP contribution in [0.4, 0.5) is 0 Å². The van der Waals surface area contributed by atoms with Crippen LogP contribution in [0.1, 0.15) is 24.3 Å². The van der Waals surface area contributed by atoms with Crippen molar-refractivity contribution in [3.05, 3.63) is 29.0 Å². The Morgan fingerprint density at radius 1 is 1.50 bits per heavy atom. The van der Waals surface area contributed by atoms with Gasteiger partial charge in [-0.25, -0.2) is 0 Å². The highest BCUT2D eigenvalue weighted by Gasteiger charge is 2.10. The van der Waals surface area contributed by atoms with E-state index in [9.17, 15) is 4.79 Å². The molecule has 0 aliphatic heterocycles. The van der Waals surface area contributed by atoms with E-state index in [-0.39, 0.29) is 11.7 Å². The molecule has 64 valence electrons. The number of carbonyl (C=O) groups is 1. The number of ketones is 1. The summed E-state index contributed by atoms with van der Waals surface area (Å²) >= 11 is 5.62. The molecule has 1 aromatic heterocycles. The van der Waals surface area contributed by atoms with Crippen LogP contribution in [0.3, 0.4) is 0 Å². The van der Waals surface area contributed by atoms with E-state index in [2.05, 4.69) is 4.98 Å². The van der Waals surface area contributed by atoms with Crippen molar-refractivity contribution in [2.45, 2.75) is 13.8 Å². The summed E-state index contributed by atoms with van der Waals surface area (Å²) < 4.78 is 0. The molecule has 0 amide bonds. The molecule has 0 radical (unpaired) electrons. The minimum Gasteiger partial charge on any atom is -0.292 e.